The fourth-order valence-electron chi connectivity index (χ4n) is 2.44. The lowest BCUT2D eigenvalue weighted by atomic mass is 10.1. The van der Waals surface area contributed by atoms with Gasteiger partial charge in [-0.3, -0.25) is 4.79 Å². The number of nitrogens with one attached hydrogen (secondary N) is 2. The maximum Gasteiger partial charge on any atom is 0.345 e. The fraction of sp³-hybridized carbons (Fsp3) is 0.176. The Bertz CT molecular complexity index is 932. The molecule has 2 aromatic heterocycles. The lowest BCUT2D eigenvalue weighted by Crippen LogP contribution is -2.23. The molecule has 0 saturated heterocycles. The third kappa shape index (κ3) is 3.01. The number of hydrogen-bond acceptors (Lipinski definition) is 5. The third-order valence-corrected chi connectivity index (χ3v) is 3.48. The van der Waals surface area contributed by atoms with Crippen LogP contribution in [0, 0.1) is 5.82 Å². The molecule has 0 aliphatic carbocycles. The van der Waals surface area contributed by atoms with Crippen LogP contribution in [-0.2, 0) is 11.3 Å². The van der Waals surface area contributed by atoms with Gasteiger partial charge in [-0.1, -0.05) is 0 Å². The van der Waals surface area contributed by atoms with Crippen molar-refractivity contribution in [3.8, 4) is 0 Å². The molecule has 1 aromatic carbocycles. The highest BCUT2D eigenvalue weighted by atomic mass is 19.1. The Balaban J connectivity index is 2.15. The molecule has 0 saturated carbocycles. The number of H-pyrrole nitrogens is 1. The lowest BCUT2D eigenvalue weighted by Gasteiger charge is -2.13. The largest absolute Gasteiger partial charge is 0.467 e. The van der Waals surface area contributed by atoms with Crippen LogP contribution in [-0.4, -0.2) is 17.6 Å². The van der Waals surface area contributed by atoms with Crippen LogP contribution in [0.4, 0.5) is 10.1 Å². The molecule has 0 radical (unpaired) electrons. The molecule has 2 N–H and O–H groups in total. The van der Waals surface area contributed by atoms with Crippen LogP contribution in [0.1, 0.15) is 23.0 Å². The Morgan fingerprint density at radius 1 is 1.38 bits per heavy atom. The van der Waals surface area contributed by atoms with Gasteiger partial charge in [0.2, 0.25) is 0 Å². The van der Waals surface area contributed by atoms with E-state index >= 15 is 0 Å². The topological polar surface area (TPSA) is 84.3 Å². The van der Waals surface area contributed by atoms with Crippen LogP contribution in [0.2, 0.25) is 0 Å². The summed E-state index contributed by atoms with van der Waals surface area (Å²) in [4.78, 5) is 27.1. The first kappa shape index (κ1) is 15.8. The lowest BCUT2D eigenvalue weighted by molar-refractivity contribution is 0.0525. The summed E-state index contributed by atoms with van der Waals surface area (Å²) >= 11 is 0. The smallest absolute Gasteiger partial charge is 0.345 e. The summed E-state index contributed by atoms with van der Waals surface area (Å²) in [6.07, 6.45) is 1.51. The Hall–Kier alpha value is -3.09. The molecular formula is C17H15FN2O4. The van der Waals surface area contributed by atoms with Gasteiger partial charge in [-0.25, -0.2) is 9.18 Å². The second-order valence-electron chi connectivity index (χ2n) is 5.05. The standard InChI is InChI=1S/C17H15FN2O4/c1-2-23-17(22)14-15(19-9-11-4-3-7-24-11)12-8-10(18)5-6-13(12)20-16(14)21/h3-8H,2,9H2,1H3,(H2,19,20,21). The number of fused-ring (bicyclic) bond motifs is 1. The quantitative estimate of drug-likeness (QED) is 0.703. The molecule has 124 valence electrons. The molecule has 3 rings (SSSR count). The first-order valence-electron chi connectivity index (χ1n) is 7.39. The van der Waals surface area contributed by atoms with Crippen molar-refractivity contribution in [1.82, 2.24) is 4.98 Å². The molecule has 0 atom stereocenters. The molecule has 0 aliphatic heterocycles. The fourth-order valence-corrected chi connectivity index (χ4v) is 2.44. The van der Waals surface area contributed by atoms with E-state index in [1.54, 1.807) is 19.1 Å². The summed E-state index contributed by atoms with van der Waals surface area (Å²) in [5.41, 5.74) is -0.171. The highest BCUT2D eigenvalue weighted by molar-refractivity contribution is 6.04. The minimum Gasteiger partial charge on any atom is -0.467 e. The Morgan fingerprint density at radius 3 is 2.92 bits per heavy atom. The molecule has 0 fully saturated rings. The average Bonchev–Trinajstić information content (AvgIpc) is 3.06. The predicted octanol–water partition coefficient (Wildman–Crippen LogP) is 3.05. The molecule has 24 heavy (non-hydrogen) atoms. The minimum atomic E-state index is -0.771. The summed E-state index contributed by atoms with van der Waals surface area (Å²) in [6.45, 7) is 1.99. The van der Waals surface area contributed by atoms with Crippen LogP contribution >= 0.6 is 0 Å². The predicted molar refractivity (Wildman–Crippen MR) is 86.5 cm³/mol. The molecule has 0 spiro atoms. The number of benzene rings is 1. The SMILES string of the molecule is CCOC(=O)c1c(NCc2ccco2)c2cc(F)ccc2[nH]c1=O. The van der Waals surface area contributed by atoms with Gasteiger partial charge in [0, 0.05) is 5.39 Å². The molecule has 0 amide bonds. The molecular weight excluding hydrogens is 315 g/mol. The van der Waals surface area contributed by atoms with Crippen molar-refractivity contribution in [3.05, 3.63) is 64.1 Å². The van der Waals surface area contributed by atoms with Crippen LogP contribution in [0.25, 0.3) is 10.9 Å². The van der Waals surface area contributed by atoms with Crippen molar-refractivity contribution in [2.45, 2.75) is 13.5 Å². The van der Waals surface area contributed by atoms with Gasteiger partial charge in [0.25, 0.3) is 5.56 Å². The number of pyridine rings is 1. The van der Waals surface area contributed by atoms with Crippen molar-refractivity contribution in [2.75, 3.05) is 11.9 Å². The van der Waals surface area contributed by atoms with E-state index in [2.05, 4.69) is 10.3 Å². The van der Waals surface area contributed by atoms with Gasteiger partial charge >= 0.3 is 5.97 Å². The monoisotopic (exact) mass is 330 g/mol. The number of aromatic amines is 1. The first-order chi connectivity index (χ1) is 11.6. The number of carbonyl (C=O) groups excluding carboxylic acids is 1. The maximum absolute atomic E-state index is 13.7. The zero-order valence-electron chi connectivity index (χ0n) is 12.9. The number of halogens is 1. The number of furan rings is 1. The normalized spacial score (nSPS) is 10.8. The molecule has 0 unspecified atom stereocenters. The van der Waals surface area contributed by atoms with E-state index in [9.17, 15) is 14.0 Å². The van der Waals surface area contributed by atoms with E-state index in [0.29, 0.717) is 16.7 Å². The average molecular weight is 330 g/mol. The van der Waals surface area contributed by atoms with Crippen LogP contribution in [0.5, 0.6) is 0 Å². The van der Waals surface area contributed by atoms with Gasteiger partial charge in [0.1, 0.15) is 17.1 Å². The number of ether oxygens (including phenoxy) is 1. The minimum absolute atomic E-state index is 0.122. The van der Waals surface area contributed by atoms with Crippen LogP contribution in [0.3, 0.4) is 0 Å². The van der Waals surface area contributed by atoms with Crippen molar-refractivity contribution < 1.29 is 18.3 Å². The Labute approximate surface area is 136 Å². The highest BCUT2D eigenvalue weighted by Crippen LogP contribution is 2.26. The summed E-state index contributed by atoms with van der Waals surface area (Å²) in [5, 5.41) is 3.36. The summed E-state index contributed by atoms with van der Waals surface area (Å²) in [7, 11) is 0. The van der Waals surface area contributed by atoms with Crippen molar-refractivity contribution in [3.63, 3.8) is 0 Å². The van der Waals surface area contributed by atoms with E-state index in [-0.39, 0.29) is 24.4 Å². The number of anilines is 1. The Morgan fingerprint density at radius 2 is 2.21 bits per heavy atom. The molecule has 0 aliphatic rings. The molecule has 3 aromatic rings. The summed E-state index contributed by atoms with van der Waals surface area (Å²) < 4.78 is 23.8. The van der Waals surface area contributed by atoms with Crippen molar-refractivity contribution in [2.24, 2.45) is 0 Å². The van der Waals surface area contributed by atoms with Gasteiger partial charge in [-0.2, -0.15) is 0 Å². The van der Waals surface area contributed by atoms with E-state index in [0.717, 1.165) is 0 Å². The second kappa shape index (κ2) is 6.57. The number of hydrogen-bond donors (Lipinski definition) is 2. The molecule has 7 heteroatoms. The Kier molecular flexibility index (Phi) is 4.33. The van der Waals surface area contributed by atoms with Crippen LogP contribution < -0.4 is 10.9 Å². The number of esters is 1. The van der Waals surface area contributed by atoms with E-state index in [4.69, 9.17) is 9.15 Å². The number of aromatic nitrogens is 1. The van der Waals surface area contributed by atoms with Gasteiger partial charge in [-0.15, -0.1) is 0 Å². The first-order valence-corrected chi connectivity index (χ1v) is 7.39. The van der Waals surface area contributed by atoms with E-state index < -0.39 is 17.3 Å². The van der Waals surface area contributed by atoms with Crippen molar-refractivity contribution >= 4 is 22.6 Å². The summed E-state index contributed by atoms with van der Waals surface area (Å²) in [5.74, 6) is -0.646. The maximum atomic E-state index is 13.7. The van der Waals surface area contributed by atoms with Gasteiger partial charge in [0.05, 0.1) is 30.6 Å². The molecule has 2 heterocycles. The number of rotatable bonds is 5. The zero-order valence-corrected chi connectivity index (χ0v) is 12.9. The van der Waals surface area contributed by atoms with Gasteiger partial charge < -0.3 is 19.5 Å². The highest BCUT2D eigenvalue weighted by Gasteiger charge is 2.21. The zero-order chi connectivity index (χ0) is 17.1. The van der Waals surface area contributed by atoms with E-state index in [1.807, 2.05) is 0 Å². The third-order valence-electron chi connectivity index (χ3n) is 3.48. The van der Waals surface area contributed by atoms with Crippen molar-refractivity contribution in [1.29, 1.82) is 0 Å². The van der Waals surface area contributed by atoms with Gasteiger partial charge in [-0.05, 0) is 37.3 Å². The number of carbonyl (C=O) groups is 1. The summed E-state index contributed by atoms with van der Waals surface area (Å²) in [6, 6.07) is 7.39. The molecule has 6 nitrogen and oxygen atoms in total. The van der Waals surface area contributed by atoms with E-state index in [1.165, 1.54) is 24.5 Å². The second-order valence-corrected chi connectivity index (χ2v) is 5.05. The van der Waals surface area contributed by atoms with Gasteiger partial charge in [0.15, 0.2) is 0 Å². The van der Waals surface area contributed by atoms with Crippen LogP contribution in [0.15, 0.2) is 45.8 Å². The molecule has 0 bridgehead atoms.